The smallest absolute Gasteiger partial charge is 0.144 e. The third-order valence-corrected chi connectivity index (χ3v) is 11.8. The van der Waals surface area contributed by atoms with Crippen LogP contribution < -0.4 is 4.74 Å². The summed E-state index contributed by atoms with van der Waals surface area (Å²) in [5.41, 5.74) is 18.5. The number of fused-ring (bicyclic) bond motifs is 3. The van der Waals surface area contributed by atoms with Gasteiger partial charge in [0.1, 0.15) is 23.1 Å². The molecule has 0 aliphatic rings. The Hall–Kier alpha value is -5.94. The molecule has 0 aliphatic carbocycles. The SMILES string of the molecule is Cc1cnc(-n2c3ccccc3c3ccc(Oc4cccc(-c5nccn5-c5c(C)c(C)c(C)c(C)c5C)c4)cc32)cc1-c1c(C)cc(C(C)(C)C)cc1C. The number of hydrogen-bond acceptors (Lipinski definition) is 3. The Bertz CT molecular complexity index is 2750. The molecular formula is C50H50N4O. The molecule has 0 bridgehead atoms. The van der Waals surface area contributed by atoms with E-state index in [0.717, 1.165) is 50.7 Å². The van der Waals surface area contributed by atoms with Crippen molar-refractivity contribution in [2.24, 2.45) is 0 Å². The highest BCUT2D eigenvalue weighted by Gasteiger charge is 2.21. The second-order valence-corrected chi connectivity index (χ2v) is 16.3. The topological polar surface area (TPSA) is 44.9 Å². The van der Waals surface area contributed by atoms with Gasteiger partial charge >= 0.3 is 0 Å². The van der Waals surface area contributed by atoms with Gasteiger partial charge in [0.15, 0.2) is 0 Å². The van der Waals surface area contributed by atoms with Crippen LogP contribution in [0, 0.1) is 55.4 Å². The maximum Gasteiger partial charge on any atom is 0.144 e. The average molecular weight is 723 g/mol. The number of rotatable bonds is 6. The van der Waals surface area contributed by atoms with E-state index in [2.05, 4.69) is 164 Å². The Kier molecular flexibility index (Phi) is 8.80. The van der Waals surface area contributed by atoms with Crippen molar-refractivity contribution in [3.8, 4) is 45.5 Å². The van der Waals surface area contributed by atoms with Crippen LogP contribution in [0.3, 0.4) is 0 Å². The molecule has 3 aromatic heterocycles. The van der Waals surface area contributed by atoms with Crippen LogP contribution in [0.5, 0.6) is 11.5 Å². The summed E-state index contributed by atoms with van der Waals surface area (Å²) in [4.78, 5) is 9.89. The third-order valence-electron chi connectivity index (χ3n) is 11.8. The number of aryl methyl sites for hydroxylation is 3. The second-order valence-electron chi connectivity index (χ2n) is 16.3. The highest BCUT2D eigenvalue weighted by molar-refractivity contribution is 6.09. The lowest BCUT2D eigenvalue weighted by molar-refractivity contribution is 0.483. The molecule has 0 fully saturated rings. The van der Waals surface area contributed by atoms with E-state index in [4.69, 9.17) is 14.7 Å². The van der Waals surface area contributed by atoms with Gasteiger partial charge in [-0.2, -0.15) is 0 Å². The Morgan fingerprint density at radius 2 is 1.24 bits per heavy atom. The van der Waals surface area contributed by atoms with Crippen molar-refractivity contribution < 1.29 is 4.74 Å². The van der Waals surface area contributed by atoms with Crippen molar-refractivity contribution in [1.82, 2.24) is 19.1 Å². The lowest BCUT2D eigenvalue weighted by Crippen LogP contribution is -2.12. The quantitative estimate of drug-likeness (QED) is 0.172. The van der Waals surface area contributed by atoms with Crippen LogP contribution in [-0.2, 0) is 5.41 Å². The molecule has 0 unspecified atom stereocenters. The molecule has 5 aromatic carbocycles. The molecular weight excluding hydrogens is 673 g/mol. The number of pyridine rings is 1. The lowest BCUT2D eigenvalue weighted by Gasteiger charge is -2.23. The fourth-order valence-corrected chi connectivity index (χ4v) is 8.36. The first kappa shape index (κ1) is 36.1. The van der Waals surface area contributed by atoms with Gasteiger partial charge in [0.05, 0.1) is 16.7 Å². The van der Waals surface area contributed by atoms with E-state index in [1.165, 1.54) is 66.7 Å². The molecule has 8 aromatic rings. The summed E-state index contributed by atoms with van der Waals surface area (Å²) in [5, 5.41) is 2.33. The van der Waals surface area contributed by atoms with Gasteiger partial charge in [0.2, 0.25) is 0 Å². The normalized spacial score (nSPS) is 11.9. The van der Waals surface area contributed by atoms with E-state index in [9.17, 15) is 0 Å². The maximum atomic E-state index is 6.67. The Labute approximate surface area is 325 Å². The predicted molar refractivity (Wildman–Crippen MR) is 230 cm³/mol. The van der Waals surface area contributed by atoms with Gasteiger partial charge in [0.25, 0.3) is 0 Å². The van der Waals surface area contributed by atoms with Crippen LogP contribution in [0.15, 0.2) is 104 Å². The molecule has 0 aliphatic heterocycles. The Morgan fingerprint density at radius 1 is 0.582 bits per heavy atom. The fourth-order valence-electron chi connectivity index (χ4n) is 8.36. The highest BCUT2D eigenvalue weighted by Crippen LogP contribution is 2.39. The summed E-state index contributed by atoms with van der Waals surface area (Å²) in [6.45, 7) is 24.5. The van der Waals surface area contributed by atoms with Gasteiger partial charge in [-0.15, -0.1) is 0 Å². The van der Waals surface area contributed by atoms with E-state index in [1.54, 1.807) is 0 Å². The minimum Gasteiger partial charge on any atom is -0.457 e. The van der Waals surface area contributed by atoms with Crippen LogP contribution in [0.4, 0.5) is 0 Å². The number of imidazole rings is 1. The van der Waals surface area contributed by atoms with Crippen molar-refractivity contribution in [1.29, 1.82) is 0 Å². The largest absolute Gasteiger partial charge is 0.457 e. The molecule has 5 heteroatoms. The molecule has 0 amide bonds. The molecule has 5 nitrogen and oxygen atoms in total. The zero-order valence-corrected chi connectivity index (χ0v) is 34.0. The van der Waals surface area contributed by atoms with Crippen molar-refractivity contribution in [2.45, 2.75) is 81.6 Å². The zero-order valence-electron chi connectivity index (χ0n) is 34.0. The molecule has 3 heterocycles. The van der Waals surface area contributed by atoms with Gasteiger partial charge in [-0.25, -0.2) is 9.97 Å². The lowest BCUT2D eigenvalue weighted by atomic mass is 9.82. The minimum atomic E-state index is 0.0802. The second kappa shape index (κ2) is 13.4. The van der Waals surface area contributed by atoms with Crippen LogP contribution >= 0.6 is 0 Å². The fraction of sp³-hybridized carbons (Fsp3) is 0.240. The highest BCUT2D eigenvalue weighted by atomic mass is 16.5. The number of benzene rings is 5. The van der Waals surface area contributed by atoms with Crippen LogP contribution in [0.25, 0.3) is 55.8 Å². The molecule has 55 heavy (non-hydrogen) atoms. The Balaban J connectivity index is 1.21. The molecule has 0 saturated carbocycles. The van der Waals surface area contributed by atoms with Gasteiger partial charge in [-0.3, -0.25) is 9.13 Å². The summed E-state index contributed by atoms with van der Waals surface area (Å²) in [6, 6.07) is 30.1. The summed E-state index contributed by atoms with van der Waals surface area (Å²) in [6.07, 6.45) is 5.96. The van der Waals surface area contributed by atoms with Crippen LogP contribution in [0.2, 0.25) is 0 Å². The predicted octanol–water partition coefficient (Wildman–Crippen LogP) is 13.3. The summed E-state index contributed by atoms with van der Waals surface area (Å²) >= 11 is 0. The monoisotopic (exact) mass is 722 g/mol. The average Bonchev–Trinajstić information content (AvgIpc) is 3.76. The summed E-state index contributed by atoms with van der Waals surface area (Å²) < 4.78 is 11.2. The number of hydrogen-bond donors (Lipinski definition) is 0. The standard InChI is InChI=1S/C50H50N4O/c1-29-23-38(50(9,10)11)24-30(2)47(29)43-27-46(52-28-31(43)3)54-44-18-13-12-17-41(44)42-20-19-40(26-45(42)54)55-39-16-14-15-37(25-39)49-51-21-22-53(49)48-35(7)33(5)32(4)34(6)36(48)8/h12-28H,1-11H3. The van der Waals surface area contributed by atoms with Gasteiger partial charge in [-0.05, 0) is 158 Å². The van der Waals surface area contributed by atoms with Gasteiger partial charge < -0.3 is 4.74 Å². The van der Waals surface area contributed by atoms with Crippen molar-refractivity contribution in [2.75, 3.05) is 0 Å². The third kappa shape index (κ3) is 6.12. The number of para-hydroxylation sites is 1. The van der Waals surface area contributed by atoms with Gasteiger partial charge in [0, 0.05) is 41.0 Å². The van der Waals surface area contributed by atoms with Crippen molar-refractivity contribution >= 4 is 21.8 Å². The molecule has 0 saturated heterocycles. The van der Waals surface area contributed by atoms with E-state index < -0.39 is 0 Å². The van der Waals surface area contributed by atoms with E-state index in [-0.39, 0.29) is 5.41 Å². The summed E-state index contributed by atoms with van der Waals surface area (Å²) in [7, 11) is 0. The minimum absolute atomic E-state index is 0.0802. The molecule has 0 radical (unpaired) electrons. The number of ether oxygens (including phenoxy) is 1. The molecule has 276 valence electrons. The number of aromatic nitrogens is 4. The van der Waals surface area contributed by atoms with E-state index in [0.29, 0.717) is 0 Å². The first-order valence-corrected chi connectivity index (χ1v) is 19.2. The van der Waals surface area contributed by atoms with Crippen LogP contribution in [-0.4, -0.2) is 19.1 Å². The zero-order chi connectivity index (χ0) is 38.9. The van der Waals surface area contributed by atoms with E-state index in [1.807, 2.05) is 24.5 Å². The summed E-state index contributed by atoms with van der Waals surface area (Å²) in [5.74, 6) is 3.27. The first-order valence-electron chi connectivity index (χ1n) is 19.2. The molecule has 0 atom stereocenters. The molecule has 0 N–H and O–H groups in total. The van der Waals surface area contributed by atoms with Crippen LogP contribution in [0.1, 0.15) is 70.8 Å². The number of nitrogens with zero attached hydrogens (tertiary/aromatic N) is 4. The van der Waals surface area contributed by atoms with Gasteiger partial charge in [-0.1, -0.05) is 63.2 Å². The van der Waals surface area contributed by atoms with E-state index >= 15 is 0 Å². The maximum absolute atomic E-state index is 6.67. The Morgan fingerprint density at radius 3 is 1.95 bits per heavy atom. The molecule has 0 spiro atoms. The van der Waals surface area contributed by atoms with Crippen molar-refractivity contribution in [3.63, 3.8) is 0 Å². The van der Waals surface area contributed by atoms with Crippen molar-refractivity contribution in [3.05, 3.63) is 154 Å². The first-order chi connectivity index (χ1) is 26.2. The molecule has 8 rings (SSSR count).